The maximum Gasteiger partial charge on any atom is 0.323 e. The molecule has 1 aromatic rings. The number of carbonyl (C=O) groups excluding carboxylic acids is 1. The fourth-order valence-electron chi connectivity index (χ4n) is 2.70. The van der Waals surface area contributed by atoms with Crippen LogP contribution in [-0.2, 0) is 4.79 Å². The largest absolute Gasteiger partial charge is 0.480 e. The van der Waals surface area contributed by atoms with Gasteiger partial charge in [-0.3, -0.25) is 9.59 Å². The summed E-state index contributed by atoms with van der Waals surface area (Å²) in [7, 11) is 0. The number of rotatable bonds is 4. The topological polar surface area (TPSA) is 57.6 Å². The minimum atomic E-state index is -1.07. The monoisotopic (exact) mass is 279 g/mol. The van der Waals surface area contributed by atoms with Crippen LogP contribution in [-0.4, -0.2) is 34.5 Å². The Hall–Kier alpha value is -1.91. The van der Waals surface area contributed by atoms with Gasteiger partial charge >= 0.3 is 5.97 Å². The van der Waals surface area contributed by atoms with E-state index in [0.29, 0.717) is 5.56 Å². The maximum atomic E-state index is 14.0. The standard InChI is InChI=1S/C15H18FNO3/c1-10-5-4-8-12(14(10)16)15(20)17(9-13(18)19)11-6-2-3-7-11/h4-5,8,11H,2-3,6-7,9H2,1H3,(H,18,19). The number of hydrogen-bond donors (Lipinski definition) is 1. The summed E-state index contributed by atoms with van der Waals surface area (Å²) in [6.45, 7) is 1.21. The highest BCUT2D eigenvalue weighted by Gasteiger charge is 2.30. The van der Waals surface area contributed by atoms with Crippen molar-refractivity contribution in [3.8, 4) is 0 Å². The third-order valence-electron chi connectivity index (χ3n) is 3.75. The first-order valence-corrected chi connectivity index (χ1v) is 6.78. The highest BCUT2D eigenvalue weighted by molar-refractivity contribution is 5.96. The van der Waals surface area contributed by atoms with E-state index in [2.05, 4.69) is 0 Å². The van der Waals surface area contributed by atoms with Crippen molar-refractivity contribution in [2.45, 2.75) is 38.6 Å². The minimum Gasteiger partial charge on any atom is -0.480 e. The van der Waals surface area contributed by atoms with E-state index in [1.807, 2.05) is 0 Å². The average Bonchev–Trinajstić information content (AvgIpc) is 2.92. The molecule has 108 valence electrons. The van der Waals surface area contributed by atoms with E-state index < -0.39 is 17.7 Å². The van der Waals surface area contributed by atoms with Gasteiger partial charge < -0.3 is 10.0 Å². The van der Waals surface area contributed by atoms with Crippen molar-refractivity contribution in [2.24, 2.45) is 0 Å². The number of aryl methyl sites for hydroxylation is 1. The number of carboxylic acids is 1. The van der Waals surface area contributed by atoms with Gasteiger partial charge in [0.05, 0.1) is 5.56 Å². The molecule has 0 saturated heterocycles. The molecule has 20 heavy (non-hydrogen) atoms. The molecule has 4 nitrogen and oxygen atoms in total. The molecule has 1 N–H and O–H groups in total. The van der Waals surface area contributed by atoms with Crippen LogP contribution in [0.15, 0.2) is 18.2 Å². The third kappa shape index (κ3) is 2.98. The van der Waals surface area contributed by atoms with E-state index in [-0.39, 0.29) is 18.2 Å². The van der Waals surface area contributed by atoms with Gasteiger partial charge in [-0.15, -0.1) is 0 Å². The van der Waals surface area contributed by atoms with Gasteiger partial charge in [0.25, 0.3) is 5.91 Å². The number of benzene rings is 1. The van der Waals surface area contributed by atoms with Crippen molar-refractivity contribution >= 4 is 11.9 Å². The van der Waals surface area contributed by atoms with E-state index in [4.69, 9.17) is 5.11 Å². The molecule has 1 saturated carbocycles. The van der Waals surface area contributed by atoms with Crippen molar-refractivity contribution in [3.05, 3.63) is 35.1 Å². The fraction of sp³-hybridized carbons (Fsp3) is 0.467. The number of carboxylic acid groups (broad SMARTS) is 1. The molecule has 1 aromatic carbocycles. The number of nitrogens with zero attached hydrogens (tertiary/aromatic N) is 1. The first-order chi connectivity index (χ1) is 9.50. The van der Waals surface area contributed by atoms with E-state index in [0.717, 1.165) is 25.7 Å². The Labute approximate surface area is 117 Å². The lowest BCUT2D eigenvalue weighted by atomic mass is 10.1. The number of hydrogen-bond acceptors (Lipinski definition) is 2. The lowest BCUT2D eigenvalue weighted by molar-refractivity contribution is -0.138. The summed E-state index contributed by atoms with van der Waals surface area (Å²) in [4.78, 5) is 24.7. The van der Waals surface area contributed by atoms with Crippen LogP contribution >= 0.6 is 0 Å². The van der Waals surface area contributed by atoms with Crippen LogP contribution in [0.3, 0.4) is 0 Å². The SMILES string of the molecule is Cc1cccc(C(=O)N(CC(=O)O)C2CCCC2)c1F. The van der Waals surface area contributed by atoms with Crippen LogP contribution < -0.4 is 0 Å². The summed E-state index contributed by atoms with van der Waals surface area (Å²) in [6, 6.07) is 4.51. The van der Waals surface area contributed by atoms with Crippen LogP contribution in [0.4, 0.5) is 4.39 Å². The fourth-order valence-corrected chi connectivity index (χ4v) is 2.70. The molecule has 0 spiro atoms. The Morgan fingerprint density at radius 1 is 1.35 bits per heavy atom. The minimum absolute atomic E-state index is 0.0434. The van der Waals surface area contributed by atoms with Gasteiger partial charge in [-0.1, -0.05) is 25.0 Å². The molecule has 1 fully saturated rings. The highest BCUT2D eigenvalue weighted by atomic mass is 19.1. The van der Waals surface area contributed by atoms with Gasteiger partial charge in [0.15, 0.2) is 0 Å². The quantitative estimate of drug-likeness (QED) is 0.921. The summed E-state index contributed by atoms with van der Waals surface area (Å²) in [5.41, 5.74) is 0.343. The van der Waals surface area contributed by atoms with Gasteiger partial charge in [-0.2, -0.15) is 0 Å². The molecule has 1 aliphatic rings. The second-order valence-electron chi connectivity index (χ2n) is 5.20. The molecule has 2 rings (SSSR count). The number of carbonyl (C=O) groups is 2. The predicted octanol–water partition coefficient (Wildman–Crippen LogP) is 2.60. The van der Waals surface area contributed by atoms with Crippen molar-refractivity contribution < 1.29 is 19.1 Å². The molecule has 0 unspecified atom stereocenters. The number of aliphatic carboxylic acids is 1. The lowest BCUT2D eigenvalue weighted by Crippen LogP contribution is -2.42. The Bertz CT molecular complexity index is 524. The Balaban J connectivity index is 2.29. The second kappa shape index (κ2) is 6.03. The van der Waals surface area contributed by atoms with Crippen LogP contribution in [0.25, 0.3) is 0 Å². The normalized spacial score (nSPS) is 15.3. The number of amides is 1. The van der Waals surface area contributed by atoms with Crippen molar-refractivity contribution in [3.63, 3.8) is 0 Å². The molecule has 0 heterocycles. The van der Waals surface area contributed by atoms with Gasteiger partial charge in [-0.05, 0) is 31.4 Å². The van der Waals surface area contributed by atoms with E-state index in [1.165, 1.54) is 11.0 Å². The van der Waals surface area contributed by atoms with Gasteiger partial charge in [0.1, 0.15) is 12.4 Å². The zero-order valence-electron chi connectivity index (χ0n) is 11.4. The Morgan fingerprint density at radius 3 is 2.60 bits per heavy atom. The first-order valence-electron chi connectivity index (χ1n) is 6.78. The summed E-state index contributed by atoms with van der Waals surface area (Å²) in [5, 5.41) is 8.98. The Morgan fingerprint density at radius 2 is 2.00 bits per heavy atom. The average molecular weight is 279 g/mol. The van der Waals surface area contributed by atoms with E-state index in [1.54, 1.807) is 19.1 Å². The van der Waals surface area contributed by atoms with Crippen molar-refractivity contribution in [2.75, 3.05) is 6.54 Å². The molecule has 0 aliphatic heterocycles. The van der Waals surface area contributed by atoms with Gasteiger partial charge in [-0.25, -0.2) is 4.39 Å². The molecular formula is C15H18FNO3. The maximum absolute atomic E-state index is 14.0. The van der Waals surface area contributed by atoms with Gasteiger partial charge in [0.2, 0.25) is 0 Å². The molecule has 0 radical (unpaired) electrons. The predicted molar refractivity (Wildman–Crippen MR) is 72.1 cm³/mol. The molecule has 0 atom stereocenters. The van der Waals surface area contributed by atoms with Crippen LogP contribution in [0.5, 0.6) is 0 Å². The third-order valence-corrected chi connectivity index (χ3v) is 3.75. The zero-order valence-corrected chi connectivity index (χ0v) is 11.4. The molecule has 1 amide bonds. The summed E-state index contributed by atoms with van der Waals surface area (Å²) in [5.74, 6) is -2.16. The molecule has 0 aromatic heterocycles. The molecule has 5 heteroatoms. The van der Waals surface area contributed by atoms with Crippen LogP contribution in [0.1, 0.15) is 41.6 Å². The smallest absolute Gasteiger partial charge is 0.323 e. The first kappa shape index (κ1) is 14.5. The summed E-state index contributed by atoms with van der Waals surface area (Å²) in [6.07, 6.45) is 3.52. The zero-order chi connectivity index (χ0) is 14.7. The molecular weight excluding hydrogens is 261 g/mol. The van der Waals surface area contributed by atoms with Gasteiger partial charge in [0, 0.05) is 6.04 Å². The van der Waals surface area contributed by atoms with E-state index in [9.17, 15) is 14.0 Å². The van der Waals surface area contributed by atoms with Crippen LogP contribution in [0.2, 0.25) is 0 Å². The number of halogens is 1. The van der Waals surface area contributed by atoms with Crippen molar-refractivity contribution in [1.82, 2.24) is 4.90 Å². The highest BCUT2D eigenvalue weighted by Crippen LogP contribution is 2.25. The second-order valence-corrected chi connectivity index (χ2v) is 5.20. The summed E-state index contributed by atoms with van der Waals surface area (Å²) >= 11 is 0. The van der Waals surface area contributed by atoms with Crippen LogP contribution in [0, 0.1) is 12.7 Å². The molecule has 0 bridgehead atoms. The van der Waals surface area contributed by atoms with E-state index >= 15 is 0 Å². The lowest BCUT2D eigenvalue weighted by Gasteiger charge is -2.27. The Kier molecular flexibility index (Phi) is 4.37. The molecule has 1 aliphatic carbocycles. The summed E-state index contributed by atoms with van der Waals surface area (Å²) < 4.78 is 14.0. The van der Waals surface area contributed by atoms with Crippen molar-refractivity contribution in [1.29, 1.82) is 0 Å².